The first-order valence-corrected chi connectivity index (χ1v) is 8.29. The largest absolute Gasteiger partial charge is 0.469 e. The lowest BCUT2D eigenvalue weighted by Crippen LogP contribution is -2.60. The first-order valence-electron chi connectivity index (χ1n) is 8.29. The average molecular weight is 322 g/mol. The third-order valence-electron chi connectivity index (χ3n) is 6.21. The molecule has 0 saturated heterocycles. The van der Waals surface area contributed by atoms with Gasteiger partial charge in [0, 0.05) is 12.2 Å². The van der Waals surface area contributed by atoms with E-state index in [1.807, 2.05) is 6.08 Å². The van der Waals surface area contributed by atoms with Crippen molar-refractivity contribution in [2.45, 2.75) is 45.4 Å². The molecule has 4 unspecified atom stereocenters. The van der Waals surface area contributed by atoms with E-state index in [4.69, 9.17) is 9.47 Å². The van der Waals surface area contributed by atoms with Crippen molar-refractivity contribution in [1.82, 2.24) is 0 Å². The Labute approximate surface area is 137 Å². The Morgan fingerprint density at radius 3 is 2.48 bits per heavy atom. The summed E-state index contributed by atoms with van der Waals surface area (Å²) in [6.07, 6.45) is 7.03. The van der Waals surface area contributed by atoms with Crippen LogP contribution in [0.3, 0.4) is 0 Å². The number of rotatable bonds is 4. The third-order valence-corrected chi connectivity index (χ3v) is 6.21. The van der Waals surface area contributed by atoms with Crippen LogP contribution in [0.4, 0.5) is 0 Å². The molecule has 4 rings (SSSR count). The minimum Gasteiger partial charge on any atom is -0.469 e. The van der Waals surface area contributed by atoms with Crippen LogP contribution >= 0.6 is 0 Å². The second kappa shape index (κ2) is 5.33. The first kappa shape index (κ1) is 16.5. The summed E-state index contributed by atoms with van der Waals surface area (Å²) in [5.41, 5.74) is -0.360. The van der Waals surface area contributed by atoms with Crippen LogP contribution in [0.25, 0.3) is 0 Å². The highest BCUT2D eigenvalue weighted by Crippen LogP contribution is 2.70. The Bertz CT molecular complexity index is 568. The number of allylic oxidation sites excluding steroid dienone is 1. The highest BCUT2D eigenvalue weighted by atomic mass is 16.5. The molecule has 4 aliphatic carbocycles. The van der Waals surface area contributed by atoms with Crippen molar-refractivity contribution < 1.29 is 24.2 Å². The number of aliphatic hydroxyl groups is 1. The molecular weight excluding hydrogens is 296 g/mol. The molecule has 4 atom stereocenters. The number of ether oxygens (including phenoxy) is 2. The van der Waals surface area contributed by atoms with Gasteiger partial charge in [-0.3, -0.25) is 4.79 Å². The number of carbonyl (C=O) groups excluding carboxylic acids is 2. The van der Waals surface area contributed by atoms with Gasteiger partial charge in [-0.1, -0.05) is 6.08 Å². The van der Waals surface area contributed by atoms with Crippen molar-refractivity contribution in [2.75, 3.05) is 20.8 Å². The van der Waals surface area contributed by atoms with Crippen molar-refractivity contribution in [3.8, 4) is 0 Å². The molecule has 0 aliphatic heterocycles. The maximum atomic E-state index is 12.5. The molecule has 0 aromatic heterocycles. The monoisotopic (exact) mass is 322 g/mol. The number of methoxy groups -OCH3 is 2. The minimum absolute atomic E-state index is 0.0924. The molecule has 4 saturated carbocycles. The molecule has 0 spiro atoms. The molecule has 0 radical (unpaired) electrons. The van der Waals surface area contributed by atoms with E-state index in [1.54, 1.807) is 6.92 Å². The second-order valence-electron chi connectivity index (χ2n) is 8.12. The number of aliphatic hydroxyl groups excluding tert-OH is 1. The van der Waals surface area contributed by atoms with Crippen molar-refractivity contribution in [3.63, 3.8) is 0 Å². The van der Waals surface area contributed by atoms with Crippen LogP contribution in [0.15, 0.2) is 11.6 Å². The molecule has 0 aromatic rings. The van der Waals surface area contributed by atoms with E-state index >= 15 is 0 Å². The molecule has 0 heterocycles. The highest BCUT2D eigenvalue weighted by Gasteiger charge is 2.65. The molecule has 5 heteroatoms. The van der Waals surface area contributed by atoms with Gasteiger partial charge in [0.25, 0.3) is 0 Å². The first-order chi connectivity index (χ1) is 10.8. The van der Waals surface area contributed by atoms with Crippen LogP contribution in [-0.4, -0.2) is 37.9 Å². The van der Waals surface area contributed by atoms with Gasteiger partial charge in [0.05, 0.1) is 19.6 Å². The summed E-state index contributed by atoms with van der Waals surface area (Å²) < 4.78 is 9.93. The zero-order valence-corrected chi connectivity index (χ0v) is 14.2. The van der Waals surface area contributed by atoms with Crippen molar-refractivity contribution in [2.24, 2.45) is 22.2 Å². The van der Waals surface area contributed by atoms with Crippen molar-refractivity contribution in [3.05, 3.63) is 11.6 Å². The number of esters is 2. The Hall–Kier alpha value is -1.36. The van der Waals surface area contributed by atoms with Gasteiger partial charge in [-0.25, -0.2) is 4.79 Å². The lowest BCUT2D eigenvalue weighted by atomic mass is 9.39. The van der Waals surface area contributed by atoms with E-state index in [2.05, 4.69) is 0 Å². The highest BCUT2D eigenvalue weighted by molar-refractivity contribution is 5.87. The molecule has 4 fully saturated rings. The summed E-state index contributed by atoms with van der Waals surface area (Å²) in [5, 5.41) is 10.0. The lowest BCUT2D eigenvalue weighted by Gasteiger charge is -2.64. The molecular formula is C18H26O5. The molecule has 4 bridgehead atoms. The maximum absolute atomic E-state index is 12.5. The molecule has 0 amide bonds. The van der Waals surface area contributed by atoms with Crippen LogP contribution in [0, 0.1) is 22.2 Å². The number of hydrogen-bond donors (Lipinski definition) is 1. The van der Waals surface area contributed by atoms with E-state index in [0.29, 0.717) is 24.3 Å². The molecule has 23 heavy (non-hydrogen) atoms. The smallest absolute Gasteiger partial charge is 0.333 e. The topological polar surface area (TPSA) is 72.8 Å². The summed E-state index contributed by atoms with van der Waals surface area (Å²) >= 11 is 0. The quantitative estimate of drug-likeness (QED) is 0.635. The summed E-state index contributed by atoms with van der Waals surface area (Å²) in [6.45, 7) is 1.86. The molecule has 5 nitrogen and oxygen atoms in total. The van der Waals surface area contributed by atoms with E-state index in [1.165, 1.54) is 14.2 Å². The average Bonchev–Trinajstić information content (AvgIpc) is 2.51. The van der Waals surface area contributed by atoms with Crippen LogP contribution in [-0.2, 0) is 19.1 Å². The van der Waals surface area contributed by atoms with E-state index < -0.39 is 5.41 Å². The van der Waals surface area contributed by atoms with Gasteiger partial charge < -0.3 is 14.6 Å². The van der Waals surface area contributed by atoms with Gasteiger partial charge in [0.2, 0.25) is 0 Å². The fourth-order valence-electron chi connectivity index (χ4n) is 6.18. The number of carbonyl (C=O) groups is 2. The minimum atomic E-state index is -0.510. The second-order valence-corrected chi connectivity index (χ2v) is 8.12. The third kappa shape index (κ3) is 2.49. The van der Waals surface area contributed by atoms with E-state index in [0.717, 1.165) is 25.7 Å². The van der Waals surface area contributed by atoms with Gasteiger partial charge in [-0.05, 0) is 62.2 Å². The van der Waals surface area contributed by atoms with Crippen LogP contribution < -0.4 is 0 Å². The van der Waals surface area contributed by atoms with E-state index in [-0.39, 0.29) is 29.4 Å². The molecule has 1 N–H and O–H groups in total. The normalized spacial score (nSPS) is 41.7. The maximum Gasteiger partial charge on any atom is 0.333 e. The van der Waals surface area contributed by atoms with Gasteiger partial charge >= 0.3 is 11.9 Å². The van der Waals surface area contributed by atoms with Crippen LogP contribution in [0.1, 0.15) is 45.4 Å². The SMILES string of the molecule is COC(=O)/C(C)=C/C12CC3CC(CO)(C1)CC(C(=O)OC)(C3)C2. The fourth-order valence-corrected chi connectivity index (χ4v) is 6.18. The van der Waals surface area contributed by atoms with Gasteiger partial charge in [0.15, 0.2) is 0 Å². The summed E-state index contributed by atoms with van der Waals surface area (Å²) in [4.78, 5) is 24.3. The summed E-state index contributed by atoms with van der Waals surface area (Å²) in [7, 11) is 2.82. The molecule has 4 aliphatic rings. The Kier molecular flexibility index (Phi) is 3.82. The zero-order valence-electron chi connectivity index (χ0n) is 14.2. The molecule has 0 aromatic carbocycles. The van der Waals surface area contributed by atoms with Crippen LogP contribution in [0.5, 0.6) is 0 Å². The Balaban J connectivity index is 2.02. The van der Waals surface area contributed by atoms with Crippen molar-refractivity contribution in [1.29, 1.82) is 0 Å². The predicted octanol–water partition coefficient (Wildman–Crippen LogP) is 2.23. The fraction of sp³-hybridized carbons (Fsp3) is 0.778. The van der Waals surface area contributed by atoms with Gasteiger partial charge in [-0.15, -0.1) is 0 Å². The molecule has 128 valence electrons. The Morgan fingerprint density at radius 1 is 1.13 bits per heavy atom. The van der Waals surface area contributed by atoms with Crippen molar-refractivity contribution >= 4 is 11.9 Å². The van der Waals surface area contributed by atoms with E-state index in [9.17, 15) is 14.7 Å². The summed E-state index contributed by atoms with van der Waals surface area (Å²) in [5.74, 6) is -0.0852. The van der Waals surface area contributed by atoms with Gasteiger partial charge in [0.1, 0.15) is 0 Å². The lowest BCUT2D eigenvalue weighted by molar-refractivity contribution is -0.192. The Morgan fingerprint density at radius 2 is 1.87 bits per heavy atom. The number of hydrogen-bond acceptors (Lipinski definition) is 5. The zero-order chi connectivity index (χ0) is 16.9. The van der Waals surface area contributed by atoms with Crippen LogP contribution in [0.2, 0.25) is 0 Å². The standard InChI is InChI=1S/C18H26O5/c1-12(14(20)22-2)4-16-5-13-6-17(8-16,11-19)10-18(7-13,9-16)15(21)23-3/h4,13,19H,5-11H2,1-3H3/b12-4+. The summed E-state index contributed by atoms with van der Waals surface area (Å²) in [6, 6.07) is 0. The predicted molar refractivity (Wildman–Crippen MR) is 83.4 cm³/mol. The van der Waals surface area contributed by atoms with Gasteiger partial charge in [-0.2, -0.15) is 0 Å².